The van der Waals surface area contributed by atoms with Gasteiger partial charge in [0.25, 0.3) is 11.5 Å². The van der Waals surface area contributed by atoms with Crippen LogP contribution in [0.25, 0.3) is 0 Å². The van der Waals surface area contributed by atoms with Gasteiger partial charge in [-0.25, -0.2) is 4.98 Å². The number of hydrogen-bond donors (Lipinski definition) is 3. The van der Waals surface area contributed by atoms with Crippen LogP contribution in [-0.4, -0.2) is 21.8 Å². The maximum Gasteiger partial charge on any atom is 0.251 e. The van der Waals surface area contributed by atoms with Crippen molar-refractivity contribution in [1.82, 2.24) is 15.3 Å². The first-order chi connectivity index (χ1) is 14.3. The van der Waals surface area contributed by atoms with Crippen molar-refractivity contribution < 1.29 is 9.59 Å². The van der Waals surface area contributed by atoms with E-state index in [1.54, 1.807) is 43.3 Å². The number of H-pyrrole nitrogens is 1. The zero-order valence-corrected chi connectivity index (χ0v) is 17.3. The van der Waals surface area contributed by atoms with Gasteiger partial charge in [-0.2, -0.15) is 0 Å². The van der Waals surface area contributed by atoms with Crippen LogP contribution in [0.2, 0.25) is 5.02 Å². The highest BCUT2D eigenvalue weighted by atomic mass is 35.5. The van der Waals surface area contributed by atoms with Crippen molar-refractivity contribution in [3.8, 4) is 0 Å². The fourth-order valence-electron chi connectivity index (χ4n) is 3.05. The van der Waals surface area contributed by atoms with E-state index in [9.17, 15) is 14.4 Å². The molecule has 0 spiro atoms. The fraction of sp³-hybridized carbons (Fsp3) is 0.182. The Balaban J connectivity index is 1.84. The van der Waals surface area contributed by atoms with Gasteiger partial charge in [-0.1, -0.05) is 23.7 Å². The summed E-state index contributed by atoms with van der Waals surface area (Å²) < 4.78 is 0. The molecule has 0 saturated carbocycles. The molecule has 2 amide bonds. The molecular formula is C22H21ClN4O3. The van der Waals surface area contributed by atoms with Crippen LogP contribution in [0.15, 0.2) is 59.4 Å². The van der Waals surface area contributed by atoms with Gasteiger partial charge in [0.1, 0.15) is 5.82 Å². The molecule has 0 fully saturated rings. The Bertz CT molecular complexity index is 1110. The van der Waals surface area contributed by atoms with Gasteiger partial charge in [-0.05, 0) is 48.9 Å². The molecule has 0 aliphatic heterocycles. The molecule has 0 bridgehead atoms. The molecule has 0 unspecified atom stereocenters. The van der Waals surface area contributed by atoms with E-state index in [1.165, 1.54) is 13.0 Å². The van der Waals surface area contributed by atoms with E-state index >= 15 is 0 Å². The number of rotatable bonds is 6. The van der Waals surface area contributed by atoms with Gasteiger partial charge in [-0.3, -0.25) is 14.4 Å². The summed E-state index contributed by atoms with van der Waals surface area (Å²) in [6.07, 6.45) is 0.335. The zero-order valence-electron chi connectivity index (χ0n) is 16.5. The molecule has 1 atom stereocenters. The molecule has 7 nitrogen and oxygen atoms in total. The Kier molecular flexibility index (Phi) is 6.64. The van der Waals surface area contributed by atoms with Crippen molar-refractivity contribution in [1.29, 1.82) is 0 Å². The van der Waals surface area contributed by atoms with Crippen molar-refractivity contribution in [2.75, 3.05) is 5.32 Å². The Hall–Kier alpha value is -3.45. The van der Waals surface area contributed by atoms with Crippen LogP contribution >= 0.6 is 11.6 Å². The van der Waals surface area contributed by atoms with E-state index in [-0.39, 0.29) is 17.4 Å². The molecule has 154 valence electrons. The summed E-state index contributed by atoms with van der Waals surface area (Å²) in [5.41, 5.74) is 2.21. The predicted molar refractivity (Wildman–Crippen MR) is 116 cm³/mol. The molecule has 30 heavy (non-hydrogen) atoms. The topological polar surface area (TPSA) is 104 Å². The van der Waals surface area contributed by atoms with E-state index < -0.39 is 6.04 Å². The van der Waals surface area contributed by atoms with Crippen molar-refractivity contribution in [2.24, 2.45) is 0 Å². The lowest BCUT2D eigenvalue weighted by Gasteiger charge is -2.19. The van der Waals surface area contributed by atoms with Gasteiger partial charge in [0.05, 0.1) is 11.7 Å². The standard InChI is InChI=1S/C22H21ClN4O3/c1-13-24-19(12-21(29)25-13)11-20(15-3-7-17(23)8-4-15)27-22(30)16-5-9-18(10-6-16)26-14(2)28/h3-10,12,20H,11H2,1-2H3,(H,26,28)(H,27,30)(H,24,25,29)/t20-/m1/s1. The summed E-state index contributed by atoms with van der Waals surface area (Å²) in [4.78, 5) is 42.8. The molecule has 8 heteroatoms. The lowest BCUT2D eigenvalue weighted by atomic mass is 10.0. The summed E-state index contributed by atoms with van der Waals surface area (Å²) in [5.74, 6) is 0.0359. The highest BCUT2D eigenvalue weighted by Crippen LogP contribution is 2.21. The molecule has 0 radical (unpaired) electrons. The lowest BCUT2D eigenvalue weighted by Crippen LogP contribution is -2.30. The Morgan fingerprint density at radius 3 is 2.37 bits per heavy atom. The lowest BCUT2D eigenvalue weighted by molar-refractivity contribution is -0.114. The zero-order chi connectivity index (χ0) is 21.7. The van der Waals surface area contributed by atoms with E-state index in [0.717, 1.165) is 5.56 Å². The first kappa shape index (κ1) is 21.3. The van der Waals surface area contributed by atoms with Crippen molar-refractivity contribution in [3.63, 3.8) is 0 Å². The first-order valence-electron chi connectivity index (χ1n) is 9.31. The van der Waals surface area contributed by atoms with Crippen LogP contribution in [0.1, 0.15) is 40.4 Å². The van der Waals surface area contributed by atoms with Gasteiger partial charge in [0, 0.05) is 35.7 Å². The third kappa shape index (κ3) is 5.78. The molecule has 0 aliphatic rings. The number of aryl methyl sites for hydroxylation is 1. The summed E-state index contributed by atoms with van der Waals surface area (Å²) >= 11 is 6.00. The second-order valence-electron chi connectivity index (χ2n) is 6.86. The molecule has 3 aromatic rings. The minimum absolute atomic E-state index is 0.185. The third-order valence-corrected chi connectivity index (χ3v) is 4.62. The van der Waals surface area contributed by atoms with Gasteiger partial charge in [0.15, 0.2) is 0 Å². The van der Waals surface area contributed by atoms with Gasteiger partial charge >= 0.3 is 0 Å². The Labute approximate surface area is 178 Å². The highest BCUT2D eigenvalue weighted by Gasteiger charge is 2.18. The number of nitrogens with zero attached hydrogens (tertiary/aromatic N) is 1. The number of anilines is 1. The number of aromatic nitrogens is 2. The normalized spacial score (nSPS) is 11.6. The van der Waals surface area contributed by atoms with E-state index in [0.29, 0.717) is 34.2 Å². The largest absolute Gasteiger partial charge is 0.345 e. The van der Waals surface area contributed by atoms with Crippen molar-refractivity contribution in [3.05, 3.63) is 92.6 Å². The maximum atomic E-state index is 12.8. The minimum atomic E-state index is -0.418. The second kappa shape index (κ2) is 9.37. The quantitative estimate of drug-likeness (QED) is 0.564. The number of nitrogens with one attached hydrogen (secondary N) is 3. The minimum Gasteiger partial charge on any atom is -0.345 e. The van der Waals surface area contributed by atoms with Crippen LogP contribution in [0, 0.1) is 6.92 Å². The average Bonchev–Trinajstić information content (AvgIpc) is 2.67. The third-order valence-electron chi connectivity index (χ3n) is 4.37. The molecule has 0 saturated heterocycles. The number of halogens is 1. The van der Waals surface area contributed by atoms with Gasteiger partial charge in [-0.15, -0.1) is 0 Å². The van der Waals surface area contributed by atoms with Crippen LogP contribution in [0.3, 0.4) is 0 Å². The van der Waals surface area contributed by atoms with Crippen LogP contribution in [0.5, 0.6) is 0 Å². The second-order valence-corrected chi connectivity index (χ2v) is 7.30. The number of aromatic amines is 1. The van der Waals surface area contributed by atoms with E-state index in [2.05, 4.69) is 20.6 Å². The monoisotopic (exact) mass is 424 g/mol. The highest BCUT2D eigenvalue weighted by molar-refractivity contribution is 6.30. The molecule has 2 aromatic carbocycles. The van der Waals surface area contributed by atoms with E-state index in [4.69, 9.17) is 11.6 Å². The smallest absolute Gasteiger partial charge is 0.251 e. The number of carbonyl (C=O) groups excluding carboxylic acids is 2. The molecular weight excluding hydrogens is 404 g/mol. The first-order valence-corrected chi connectivity index (χ1v) is 9.69. The van der Waals surface area contributed by atoms with Crippen LogP contribution in [0.4, 0.5) is 5.69 Å². The van der Waals surface area contributed by atoms with Crippen molar-refractivity contribution in [2.45, 2.75) is 26.3 Å². The summed E-state index contributed by atoms with van der Waals surface area (Å²) in [7, 11) is 0. The summed E-state index contributed by atoms with van der Waals surface area (Å²) in [5, 5.41) is 6.24. The van der Waals surface area contributed by atoms with Crippen molar-refractivity contribution >= 4 is 29.1 Å². The number of benzene rings is 2. The SMILES string of the molecule is CC(=O)Nc1ccc(C(=O)N[C@H](Cc2cc(=O)[nH]c(C)n2)c2ccc(Cl)cc2)cc1. The maximum absolute atomic E-state index is 12.8. The molecule has 1 heterocycles. The number of hydrogen-bond acceptors (Lipinski definition) is 4. The Morgan fingerprint density at radius 2 is 1.77 bits per heavy atom. The number of amides is 2. The molecule has 0 aliphatic carbocycles. The van der Waals surface area contributed by atoms with Gasteiger partial charge in [0.2, 0.25) is 5.91 Å². The summed E-state index contributed by atoms with van der Waals surface area (Å²) in [6, 6.07) is 14.7. The summed E-state index contributed by atoms with van der Waals surface area (Å²) in [6.45, 7) is 3.12. The molecule has 3 rings (SSSR count). The Morgan fingerprint density at radius 1 is 1.10 bits per heavy atom. The number of carbonyl (C=O) groups is 2. The van der Waals surface area contributed by atoms with Crippen LogP contribution < -0.4 is 16.2 Å². The van der Waals surface area contributed by atoms with Crippen LogP contribution in [-0.2, 0) is 11.2 Å². The van der Waals surface area contributed by atoms with Gasteiger partial charge < -0.3 is 15.6 Å². The van der Waals surface area contributed by atoms with E-state index in [1.807, 2.05) is 12.1 Å². The fourth-order valence-corrected chi connectivity index (χ4v) is 3.18. The average molecular weight is 425 g/mol. The predicted octanol–water partition coefficient (Wildman–Crippen LogP) is 3.40. The molecule has 1 aromatic heterocycles. The molecule has 3 N–H and O–H groups in total.